The molecule has 126 valence electrons. The number of amides is 1. The molecule has 24 heavy (non-hydrogen) atoms. The van der Waals surface area contributed by atoms with Crippen LogP contribution < -0.4 is 10.2 Å². The van der Waals surface area contributed by atoms with Gasteiger partial charge < -0.3 is 15.0 Å². The smallest absolute Gasteiger partial charge is 0.225 e. The highest BCUT2D eigenvalue weighted by Gasteiger charge is 2.11. The van der Waals surface area contributed by atoms with Crippen LogP contribution in [0.15, 0.2) is 42.6 Å². The molecule has 2 aromatic rings. The van der Waals surface area contributed by atoms with Gasteiger partial charge in [0.05, 0.1) is 25.1 Å². The topological polar surface area (TPSA) is 54.5 Å². The summed E-state index contributed by atoms with van der Waals surface area (Å²) < 4.78 is 5.35. The first-order valence-electron chi connectivity index (χ1n) is 8.35. The largest absolute Gasteiger partial charge is 0.378 e. The molecule has 1 aromatic heterocycles. The van der Waals surface area contributed by atoms with Crippen LogP contribution >= 0.6 is 0 Å². The van der Waals surface area contributed by atoms with Gasteiger partial charge in [0.25, 0.3) is 0 Å². The van der Waals surface area contributed by atoms with Crippen molar-refractivity contribution >= 4 is 17.4 Å². The summed E-state index contributed by atoms with van der Waals surface area (Å²) in [6.07, 6.45) is 2.99. The fraction of sp³-hybridized carbons (Fsp3) is 0.368. The monoisotopic (exact) mass is 325 g/mol. The molecule has 1 fully saturated rings. The second-order valence-electron chi connectivity index (χ2n) is 6.03. The molecule has 0 spiro atoms. The number of hydrogen-bond acceptors (Lipinski definition) is 4. The number of aryl methyl sites for hydroxylation is 2. The zero-order valence-electron chi connectivity index (χ0n) is 14.0. The normalized spacial score (nSPS) is 14.5. The summed E-state index contributed by atoms with van der Waals surface area (Å²) in [6.45, 7) is 5.31. The van der Waals surface area contributed by atoms with Crippen molar-refractivity contribution in [2.24, 2.45) is 0 Å². The van der Waals surface area contributed by atoms with E-state index < -0.39 is 0 Å². The summed E-state index contributed by atoms with van der Waals surface area (Å²) in [7, 11) is 0. The molecule has 1 aliphatic heterocycles. The van der Waals surface area contributed by atoms with Crippen molar-refractivity contribution in [2.75, 3.05) is 36.5 Å². The fourth-order valence-corrected chi connectivity index (χ4v) is 2.69. The van der Waals surface area contributed by atoms with Gasteiger partial charge in [0.1, 0.15) is 5.82 Å². The molecular formula is C19H23N3O2. The van der Waals surface area contributed by atoms with Gasteiger partial charge in [0, 0.05) is 19.5 Å². The Labute approximate surface area is 142 Å². The number of benzene rings is 1. The van der Waals surface area contributed by atoms with E-state index >= 15 is 0 Å². The summed E-state index contributed by atoms with van der Waals surface area (Å²) in [4.78, 5) is 18.6. The Morgan fingerprint density at radius 1 is 1.17 bits per heavy atom. The van der Waals surface area contributed by atoms with Crippen LogP contribution in [0.4, 0.5) is 11.5 Å². The Morgan fingerprint density at radius 3 is 2.58 bits per heavy atom. The van der Waals surface area contributed by atoms with E-state index in [2.05, 4.69) is 46.4 Å². The maximum absolute atomic E-state index is 12.1. The van der Waals surface area contributed by atoms with Gasteiger partial charge in [0.15, 0.2) is 0 Å². The molecule has 1 aromatic carbocycles. The van der Waals surface area contributed by atoms with Crippen LogP contribution in [0.5, 0.6) is 0 Å². The maximum atomic E-state index is 12.1. The molecule has 1 aliphatic rings. The van der Waals surface area contributed by atoms with Crippen molar-refractivity contribution in [3.63, 3.8) is 0 Å². The molecule has 5 heteroatoms. The zero-order chi connectivity index (χ0) is 16.8. The highest BCUT2D eigenvalue weighted by atomic mass is 16.5. The summed E-state index contributed by atoms with van der Waals surface area (Å²) in [5.74, 6) is 0.586. The predicted octanol–water partition coefficient (Wildman–Crippen LogP) is 2.80. The zero-order valence-corrected chi connectivity index (χ0v) is 14.0. The number of anilines is 2. The standard InChI is InChI=1S/C19H23N3O2/c1-15-2-4-16(5-3-15)6-9-19(23)21-18-8-7-17(14-20-18)22-10-12-24-13-11-22/h2-5,7-8,14H,6,9-13H2,1H3,(H,20,21,23). The van der Waals surface area contributed by atoms with Crippen LogP contribution in [0.25, 0.3) is 0 Å². The number of nitrogens with zero attached hydrogens (tertiary/aromatic N) is 2. The summed E-state index contributed by atoms with van der Waals surface area (Å²) >= 11 is 0. The van der Waals surface area contributed by atoms with Crippen molar-refractivity contribution in [1.82, 2.24) is 4.98 Å². The van der Waals surface area contributed by atoms with Gasteiger partial charge in [-0.2, -0.15) is 0 Å². The van der Waals surface area contributed by atoms with E-state index in [0.717, 1.165) is 38.4 Å². The molecule has 0 unspecified atom stereocenters. The maximum Gasteiger partial charge on any atom is 0.225 e. The third-order valence-electron chi connectivity index (χ3n) is 4.15. The van der Waals surface area contributed by atoms with Crippen LogP contribution in [0.1, 0.15) is 17.5 Å². The Morgan fingerprint density at radius 2 is 1.92 bits per heavy atom. The van der Waals surface area contributed by atoms with Crippen LogP contribution in [0.3, 0.4) is 0 Å². The highest BCUT2D eigenvalue weighted by molar-refractivity contribution is 5.89. The molecule has 1 saturated heterocycles. The summed E-state index contributed by atoms with van der Waals surface area (Å²) in [5.41, 5.74) is 3.47. The number of carbonyl (C=O) groups excluding carboxylic acids is 1. The lowest BCUT2D eigenvalue weighted by atomic mass is 10.1. The lowest BCUT2D eigenvalue weighted by Crippen LogP contribution is -2.36. The van der Waals surface area contributed by atoms with E-state index in [4.69, 9.17) is 4.74 Å². The number of aromatic nitrogens is 1. The van der Waals surface area contributed by atoms with Crippen molar-refractivity contribution in [3.8, 4) is 0 Å². The van der Waals surface area contributed by atoms with Crippen LogP contribution in [0.2, 0.25) is 0 Å². The van der Waals surface area contributed by atoms with E-state index in [1.54, 1.807) is 6.20 Å². The van der Waals surface area contributed by atoms with Crippen LogP contribution in [-0.4, -0.2) is 37.2 Å². The van der Waals surface area contributed by atoms with E-state index in [0.29, 0.717) is 12.2 Å². The first-order chi connectivity index (χ1) is 11.7. The molecule has 5 nitrogen and oxygen atoms in total. The second kappa shape index (κ2) is 7.93. The third-order valence-corrected chi connectivity index (χ3v) is 4.15. The van der Waals surface area contributed by atoms with E-state index in [-0.39, 0.29) is 5.91 Å². The lowest BCUT2D eigenvalue weighted by molar-refractivity contribution is -0.116. The van der Waals surface area contributed by atoms with Crippen molar-refractivity contribution in [1.29, 1.82) is 0 Å². The average Bonchev–Trinajstić information content (AvgIpc) is 2.63. The van der Waals surface area contributed by atoms with Crippen LogP contribution in [0, 0.1) is 6.92 Å². The molecule has 3 rings (SSSR count). The number of nitrogens with one attached hydrogen (secondary N) is 1. The van der Waals surface area contributed by atoms with Gasteiger partial charge >= 0.3 is 0 Å². The minimum Gasteiger partial charge on any atom is -0.378 e. The number of rotatable bonds is 5. The van der Waals surface area contributed by atoms with E-state index in [1.165, 1.54) is 11.1 Å². The third kappa shape index (κ3) is 4.55. The lowest BCUT2D eigenvalue weighted by Gasteiger charge is -2.28. The fourth-order valence-electron chi connectivity index (χ4n) is 2.69. The predicted molar refractivity (Wildman–Crippen MR) is 95.4 cm³/mol. The Hall–Kier alpha value is -2.40. The van der Waals surface area contributed by atoms with Crippen molar-refractivity contribution < 1.29 is 9.53 Å². The number of hydrogen-bond donors (Lipinski definition) is 1. The molecule has 0 aliphatic carbocycles. The molecule has 0 saturated carbocycles. The molecule has 1 amide bonds. The highest BCUT2D eigenvalue weighted by Crippen LogP contribution is 2.16. The van der Waals surface area contributed by atoms with Crippen molar-refractivity contribution in [2.45, 2.75) is 19.8 Å². The second-order valence-corrected chi connectivity index (χ2v) is 6.03. The van der Waals surface area contributed by atoms with Gasteiger partial charge in [-0.05, 0) is 31.0 Å². The van der Waals surface area contributed by atoms with Gasteiger partial charge in [-0.3, -0.25) is 4.79 Å². The molecule has 1 N–H and O–H groups in total. The molecular weight excluding hydrogens is 302 g/mol. The van der Waals surface area contributed by atoms with Gasteiger partial charge in [-0.25, -0.2) is 4.98 Å². The molecule has 2 heterocycles. The van der Waals surface area contributed by atoms with Crippen LogP contribution in [-0.2, 0) is 16.0 Å². The van der Waals surface area contributed by atoms with Gasteiger partial charge in [-0.15, -0.1) is 0 Å². The number of morpholine rings is 1. The number of ether oxygens (including phenoxy) is 1. The SMILES string of the molecule is Cc1ccc(CCC(=O)Nc2ccc(N3CCOCC3)cn2)cc1. The van der Waals surface area contributed by atoms with Gasteiger partial charge in [-0.1, -0.05) is 29.8 Å². The number of carbonyl (C=O) groups is 1. The summed E-state index contributed by atoms with van der Waals surface area (Å²) in [6, 6.07) is 12.1. The average molecular weight is 325 g/mol. The summed E-state index contributed by atoms with van der Waals surface area (Å²) in [5, 5.41) is 2.86. The first kappa shape index (κ1) is 16.5. The van der Waals surface area contributed by atoms with Gasteiger partial charge in [0.2, 0.25) is 5.91 Å². The Kier molecular flexibility index (Phi) is 5.43. The Balaban J connectivity index is 1.49. The van der Waals surface area contributed by atoms with E-state index in [9.17, 15) is 4.79 Å². The quantitative estimate of drug-likeness (QED) is 0.918. The minimum atomic E-state index is -0.0119. The molecule has 0 radical (unpaired) electrons. The minimum absolute atomic E-state index is 0.0119. The molecule has 0 atom stereocenters. The molecule has 0 bridgehead atoms. The van der Waals surface area contributed by atoms with E-state index in [1.807, 2.05) is 12.1 Å². The van der Waals surface area contributed by atoms with Crippen molar-refractivity contribution in [3.05, 3.63) is 53.7 Å². The first-order valence-corrected chi connectivity index (χ1v) is 8.35. The number of pyridine rings is 1. The Bertz CT molecular complexity index is 662.